The maximum Gasteiger partial charge on any atom is 0.408 e. The van der Waals surface area contributed by atoms with Crippen LogP contribution in [0, 0.1) is 31.5 Å². The Labute approximate surface area is 201 Å². The van der Waals surface area contributed by atoms with Crippen LogP contribution >= 0.6 is 0 Å². The Morgan fingerprint density at radius 3 is 2.38 bits per heavy atom. The van der Waals surface area contributed by atoms with Gasteiger partial charge < -0.3 is 15.4 Å². The number of carbonyl (C=O) groups is 2. The van der Waals surface area contributed by atoms with E-state index in [0.29, 0.717) is 17.2 Å². The van der Waals surface area contributed by atoms with Gasteiger partial charge in [0.2, 0.25) is 5.91 Å². The minimum absolute atomic E-state index is 0.00599. The molecule has 0 aliphatic heterocycles. The third-order valence-corrected chi connectivity index (χ3v) is 6.34. The van der Waals surface area contributed by atoms with Crippen LogP contribution in [0.3, 0.4) is 0 Å². The van der Waals surface area contributed by atoms with Crippen LogP contribution in [-0.2, 0) is 9.53 Å². The van der Waals surface area contributed by atoms with Crippen molar-refractivity contribution in [1.82, 2.24) is 10.3 Å². The Bertz CT molecular complexity index is 1020. The van der Waals surface area contributed by atoms with E-state index in [0.717, 1.165) is 42.5 Å². The van der Waals surface area contributed by atoms with Gasteiger partial charge in [-0.2, -0.15) is 0 Å². The predicted molar refractivity (Wildman–Crippen MR) is 132 cm³/mol. The number of hydrogen-bond donors (Lipinski definition) is 2. The number of nitrogens with zero attached hydrogens (tertiary/aromatic N) is 1. The van der Waals surface area contributed by atoms with Crippen molar-refractivity contribution in [1.29, 1.82) is 0 Å². The second-order valence-corrected chi connectivity index (χ2v) is 10.4. The van der Waals surface area contributed by atoms with Gasteiger partial charge in [0.05, 0.1) is 0 Å². The first-order chi connectivity index (χ1) is 15.9. The lowest BCUT2D eigenvalue weighted by Gasteiger charge is -2.33. The summed E-state index contributed by atoms with van der Waals surface area (Å²) >= 11 is 0. The van der Waals surface area contributed by atoms with E-state index in [1.54, 1.807) is 39.1 Å². The molecule has 1 aromatic carbocycles. The number of halogens is 1. The van der Waals surface area contributed by atoms with Crippen molar-refractivity contribution in [3.05, 3.63) is 47.5 Å². The van der Waals surface area contributed by atoms with Gasteiger partial charge >= 0.3 is 6.09 Å². The standard InChI is InChI=1S/C27H36FN3O3/c1-16-7-9-19(10-8-16)24(31-26(33)34-27(4,5)6)25(32)30-20-11-12-21(22(28)15-20)23-17(2)13-14-29-18(23)3/h11-16,19,24H,7-10H2,1-6H3,(H,30,32)(H,31,33)/t16?,19?,24-/m0/s1. The van der Waals surface area contributed by atoms with Gasteiger partial charge in [-0.15, -0.1) is 0 Å². The molecule has 1 aliphatic rings. The highest BCUT2D eigenvalue weighted by Gasteiger charge is 2.34. The fourth-order valence-corrected chi connectivity index (χ4v) is 4.57. The maximum absolute atomic E-state index is 15.1. The minimum Gasteiger partial charge on any atom is -0.444 e. The molecule has 0 spiro atoms. The number of ether oxygens (including phenoxy) is 1. The molecule has 1 fully saturated rings. The lowest BCUT2D eigenvalue weighted by atomic mass is 9.79. The van der Waals surface area contributed by atoms with E-state index in [1.165, 1.54) is 6.07 Å². The predicted octanol–water partition coefficient (Wildman–Crippen LogP) is 6.16. The molecule has 0 unspecified atom stereocenters. The molecule has 6 nitrogen and oxygen atoms in total. The van der Waals surface area contributed by atoms with Crippen molar-refractivity contribution < 1.29 is 18.7 Å². The molecule has 3 rings (SSSR count). The van der Waals surface area contributed by atoms with Crippen LogP contribution in [0.2, 0.25) is 0 Å². The summed E-state index contributed by atoms with van der Waals surface area (Å²) in [6, 6.07) is 5.73. The van der Waals surface area contributed by atoms with E-state index in [1.807, 2.05) is 19.9 Å². The highest BCUT2D eigenvalue weighted by atomic mass is 19.1. The number of rotatable bonds is 5. The molecule has 2 aromatic rings. The summed E-state index contributed by atoms with van der Waals surface area (Å²) in [5.74, 6) is -0.220. The Kier molecular flexibility index (Phi) is 7.95. The number of anilines is 1. The molecule has 1 saturated carbocycles. The zero-order valence-electron chi connectivity index (χ0n) is 21.0. The van der Waals surface area contributed by atoms with Gasteiger partial charge in [0.15, 0.2) is 0 Å². The number of amides is 2. The van der Waals surface area contributed by atoms with Gasteiger partial charge in [-0.1, -0.05) is 19.8 Å². The zero-order valence-corrected chi connectivity index (χ0v) is 21.0. The molecule has 0 saturated heterocycles. The van der Waals surface area contributed by atoms with Gasteiger partial charge in [-0.25, -0.2) is 9.18 Å². The van der Waals surface area contributed by atoms with Gasteiger partial charge in [-0.3, -0.25) is 9.78 Å². The van der Waals surface area contributed by atoms with Crippen LogP contribution in [0.1, 0.15) is 64.6 Å². The Hall–Kier alpha value is -2.96. The highest BCUT2D eigenvalue weighted by Crippen LogP contribution is 2.32. The van der Waals surface area contributed by atoms with Crippen molar-refractivity contribution in [2.24, 2.45) is 11.8 Å². The Morgan fingerprint density at radius 1 is 1.12 bits per heavy atom. The molecule has 2 N–H and O–H groups in total. The third-order valence-electron chi connectivity index (χ3n) is 6.34. The van der Waals surface area contributed by atoms with Crippen LogP contribution in [0.5, 0.6) is 0 Å². The smallest absolute Gasteiger partial charge is 0.408 e. The summed E-state index contributed by atoms with van der Waals surface area (Å²) in [6.07, 6.45) is 4.74. The van der Waals surface area contributed by atoms with E-state index in [-0.39, 0.29) is 11.8 Å². The first kappa shape index (κ1) is 25.7. The highest BCUT2D eigenvalue weighted by molar-refractivity contribution is 5.97. The van der Waals surface area contributed by atoms with E-state index in [4.69, 9.17) is 4.74 Å². The van der Waals surface area contributed by atoms with Crippen LogP contribution in [0.25, 0.3) is 11.1 Å². The molecule has 1 aliphatic carbocycles. The quantitative estimate of drug-likeness (QED) is 0.549. The largest absolute Gasteiger partial charge is 0.444 e. The molecule has 34 heavy (non-hydrogen) atoms. The lowest BCUT2D eigenvalue weighted by Crippen LogP contribution is -2.50. The Morgan fingerprint density at radius 2 is 1.79 bits per heavy atom. The topological polar surface area (TPSA) is 80.3 Å². The fourth-order valence-electron chi connectivity index (χ4n) is 4.57. The summed E-state index contributed by atoms with van der Waals surface area (Å²) in [5.41, 5.74) is 2.52. The van der Waals surface area contributed by atoms with Crippen molar-refractivity contribution in [2.75, 3.05) is 5.32 Å². The molecule has 1 heterocycles. The number of carbonyl (C=O) groups excluding carboxylic acids is 2. The molecule has 2 amide bonds. The van der Waals surface area contributed by atoms with Crippen molar-refractivity contribution in [2.45, 2.75) is 78.9 Å². The SMILES string of the molecule is Cc1ccnc(C)c1-c1ccc(NC(=O)[C@@H](NC(=O)OC(C)(C)C)C2CCC(C)CC2)cc1F. The number of alkyl carbamates (subject to hydrolysis) is 1. The summed E-state index contributed by atoms with van der Waals surface area (Å²) in [5, 5.41) is 5.57. The summed E-state index contributed by atoms with van der Waals surface area (Å²) in [4.78, 5) is 30.0. The second-order valence-electron chi connectivity index (χ2n) is 10.4. The first-order valence-electron chi connectivity index (χ1n) is 12.0. The maximum atomic E-state index is 15.1. The molecule has 1 atom stereocenters. The second kappa shape index (κ2) is 10.5. The zero-order chi connectivity index (χ0) is 25.0. The first-order valence-corrected chi connectivity index (χ1v) is 12.0. The van der Waals surface area contributed by atoms with Crippen molar-refractivity contribution in [3.63, 3.8) is 0 Å². The molecule has 184 valence electrons. The van der Waals surface area contributed by atoms with Gasteiger partial charge in [0.1, 0.15) is 17.5 Å². The molecule has 0 radical (unpaired) electrons. The van der Waals surface area contributed by atoms with Gasteiger partial charge in [0, 0.05) is 28.7 Å². The van der Waals surface area contributed by atoms with Crippen molar-refractivity contribution in [3.8, 4) is 11.1 Å². The molecule has 0 bridgehead atoms. The molecular weight excluding hydrogens is 433 g/mol. The number of benzene rings is 1. The van der Waals surface area contributed by atoms with E-state index in [2.05, 4.69) is 22.5 Å². The monoisotopic (exact) mass is 469 g/mol. The molecule has 1 aromatic heterocycles. The average molecular weight is 470 g/mol. The minimum atomic E-state index is -0.757. The summed E-state index contributed by atoms with van der Waals surface area (Å²) < 4.78 is 20.5. The van der Waals surface area contributed by atoms with E-state index < -0.39 is 23.6 Å². The van der Waals surface area contributed by atoms with E-state index >= 15 is 4.39 Å². The van der Waals surface area contributed by atoms with Gasteiger partial charge in [0.25, 0.3) is 0 Å². The fraction of sp³-hybridized carbons (Fsp3) is 0.519. The van der Waals surface area contributed by atoms with Crippen LogP contribution < -0.4 is 10.6 Å². The van der Waals surface area contributed by atoms with Crippen LogP contribution in [0.15, 0.2) is 30.5 Å². The number of aryl methyl sites for hydroxylation is 2. The number of pyridine rings is 1. The van der Waals surface area contributed by atoms with Crippen LogP contribution in [0.4, 0.5) is 14.9 Å². The van der Waals surface area contributed by atoms with E-state index in [9.17, 15) is 9.59 Å². The number of hydrogen-bond acceptors (Lipinski definition) is 4. The summed E-state index contributed by atoms with van der Waals surface area (Å²) in [6.45, 7) is 11.3. The van der Waals surface area contributed by atoms with Crippen molar-refractivity contribution >= 4 is 17.7 Å². The van der Waals surface area contributed by atoms with Crippen LogP contribution in [-0.4, -0.2) is 28.6 Å². The molecular formula is C27H36FN3O3. The number of nitrogens with one attached hydrogen (secondary N) is 2. The van der Waals surface area contributed by atoms with Gasteiger partial charge in [-0.05, 0) is 89.1 Å². The normalized spacial score (nSPS) is 19.3. The molecule has 7 heteroatoms. The summed E-state index contributed by atoms with van der Waals surface area (Å²) in [7, 11) is 0. The average Bonchev–Trinajstić information content (AvgIpc) is 2.73. The Balaban J connectivity index is 1.80. The number of aromatic nitrogens is 1. The third kappa shape index (κ3) is 6.55. The lowest BCUT2D eigenvalue weighted by molar-refractivity contribution is -0.119.